The van der Waals surface area contributed by atoms with Crippen molar-refractivity contribution in [3.05, 3.63) is 75.7 Å². The fourth-order valence-corrected chi connectivity index (χ4v) is 7.04. The second-order valence-electron chi connectivity index (χ2n) is 14.3. The van der Waals surface area contributed by atoms with Crippen LogP contribution < -0.4 is 24.6 Å². The fraction of sp³-hybridized carbons (Fsp3) is 0.442. The van der Waals surface area contributed by atoms with Gasteiger partial charge in [0.15, 0.2) is 17.0 Å². The van der Waals surface area contributed by atoms with E-state index in [0.717, 1.165) is 48.0 Å². The largest absolute Gasteiger partial charge is 0.778 e. The number of carboxylic acids is 1. The Balaban J connectivity index is 0.000000335. The average Bonchev–Trinajstić information content (AvgIpc) is 3.47. The summed E-state index contributed by atoms with van der Waals surface area (Å²) < 4.78 is 35.2. The number of hydrogen-bond acceptors (Lipinski definition) is 12. The van der Waals surface area contributed by atoms with Crippen LogP contribution in [0.25, 0.3) is 11.3 Å². The summed E-state index contributed by atoms with van der Waals surface area (Å²) in [5.74, 6) is 0.736. The molecule has 2 amide bonds. The van der Waals surface area contributed by atoms with Crippen LogP contribution in [0, 0.1) is 18.2 Å². The number of carbonyl (C=O) groups is 4. The number of rotatable bonds is 16. The summed E-state index contributed by atoms with van der Waals surface area (Å²) in [6.07, 6.45) is 20.5. The van der Waals surface area contributed by atoms with Crippen molar-refractivity contribution >= 4 is 82.2 Å². The molecule has 2 atom stereocenters. The van der Waals surface area contributed by atoms with Crippen LogP contribution in [-0.2, 0) is 29.8 Å². The molecule has 3 N–H and O–H groups in total. The molecule has 14 nitrogen and oxygen atoms in total. The Kier molecular flexibility index (Phi) is 25.2. The van der Waals surface area contributed by atoms with Crippen LogP contribution in [0.1, 0.15) is 78.1 Å². The van der Waals surface area contributed by atoms with Gasteiger partial charge in [0.05, 0.1) is 42.3 Å². The summed E-state index contributed by atoms with van der Waals surface area (Å²) >= 11 is 13.1. The Hall–Kier alpha value is -3.98. The minimum atomic E-state index is -4.35. The van der Waals surface area contributed by atoms with Crippen LogP contribution in [0.5, 0.6) is 11.5 Å². The number of halogens is 3. The maximum atomic E-state index is 14.4. The molecule has 20 heteroatoms. The molecule has 2 heterocycles. The number of aromatic nitrogens is 2. The standard InChI is InChI=1S/C19H23ClN2O2S.C18H15ClFNO3.C3H8NO5P.C3H9S/c1-2-3-4-5-6-10-13-25-19(23)24-16-14-17(20)21-22-18(16)15-11-8-7-9-12-15;1-3-10(2)24-16-9-15(14(20)8-13(16)19)21-17(22)11-6-4-5-7-12(11)18(21)23;5-3(6)1-4-2-10(7,8)9;1-4(2)3/h7-9,11-12,14H,2-6,10,13H2,1H3;1,8-10H,4-7H2,2H3;4H,1-2H2,(H,5,6)(H2,7,8,9);1-3H3/q;;;+1/p-1. The Morgan fingerprint density at radius 2 is 1.60 bits per heavy atom. The summed E-state index contributed by atoms with van der Waals surface area (Å²) in [7, 11) is -3.71. The highest BCUT2D eigenvalue weighted by Gasteiger charge is 2.41. The zero-order valence-corrected chi connectivity index (χ0v) is 39.9. The zero-order chi connectivity index (χ0) is 47.1. The minimum absolute atomic E-state index is 0.0233. The lowest BCUT2D eigenvalue weighted by Gasteiger charge is -2.19. The number of nitrogens with zero attached hydrogens (tertiary/aromatic N) is 3. The first-order valence-corrected chi connectivity index (χ1v) is 25.8. The molecule has 0 bridgehead atoms. The first-order chi connectivity index (χ1) is 29.8. The van der Waals surface area contributed by atoms with E-state index in [9.17, 15) is 33.0 Å². The van der Waals surface area contributed by atoms with Crippen molar-refractivity contribution in [2.45, 2.75) is 84.2 Å². The number of hydrogen-bond donors (Lipinski definition) is 3. The molecule has 63 heavy (non-hydrogen) atoms. The summed E-state index contributed by atoms with van der Waals surface area (Å²) in [6.45, 7) is 3.36. The maximum absolute atomic E-state index is 14.4. The number of anilines is 1. The normalized spacial score (nSPS) is 14.4. The number of ether oxygens (including phenoxy) is 2. The maximum Gasteiger partial charge on any atom is 0.372 e. The Morgan fingerprint density at radius 3 is 2.16 bits per heavy atom. The van der Waals surface area contributed by atoms with Crippen molar-refractivity contribution in [1.82, 2.24) is 15.5 Å². The van der Waals surface area contributed by atoms with Gasteiger partial charge in [-0.3, -0.25) is 19.7 Å². The lowest BCUT2D eigenvalue weighted by Crippen LogP contribution is -2.32. The van der Waals surface area contributed by atoms with Gasteiger partial charge in [-0.15, -0.1) is 16.6 Å². The van der Waals surface area contributed by atoms with Crippen molar-refractivity contribution < 1.29 is 52.5 Å². The van der Waals surface area contributed by atoms with Gasteiger partial charge in [0.25, 0.3) is 11.8 Å². The molecule has 0 fully saturated rings. The van der Waals surface area contributed by atoms with Gasteiger partial charge in [0, 0.05) is 34.6 Å². The minimum Gasteiger partial charge on any atom is -0.778 e. The number of terminal acetylenes is 1. The van der Waals surface area contributed by atoms with Crippen LogP contribution in [0.3, 0.4) is 0 Å². The quantitative estimate of drug-likeness (QED) is 0.0307. The fourth-order valence-electron chi connectivity index (χ4n) is 5.65. The number of unbranched alkanes of at least 4 members (excludes halogenated alkanes) is 5. The van der Waals surface area contributed by atoms with Crippen LogP contribution >= 0.6 is 42.6 Å². The van der Waals surface area contributed by atoms with Crippen molar-refractivity contribution in [1.29, 1.82) is 0 Å². The van der Waals surface area contributed by atoms with Crippen molar-refractivity contribution in [2.24, 2.45) is 0 Å². The third kappa shape index (κ3) is 20.6. The SMILES string of the molecule is C#CC(C)Oc1cc(N2C(=O)C3=C(CCCC3)C2=O)c(F)cc1Cl.CCCCCCCCSC(=O)Oc1cc(Cl)nnc1-c1ccccc1.C[S+](C)C.O=C(O)CNCP(=O)([O-])O. The number of carbonyl (C=O) groups excluding carboxylic acids is 3. The molecule has 2 unspecified atom stereocenters. The van der Waals surface area contributed by atoms with E-state index in [2.05, 4.69) is 41.8 Å². The number of aliphatic carboxylic acids is 1. The topological polar surface area (TPSA) is 208 Å². The van der Waals surface area contributed by atoms with E-state index in [0.29, 0.717) is 46.3 Å². The highest BCUT2D eigenvalue weighted by atomic mass is 35.5. The molecular formula is C43H54Cl2FN4O10PS2. The van der Waals surface area contributed by atoms with E-state index in [1.165, 1.54) is 49.6 Å². The molecule has 5 rings (SSSR count). The summed E-state index contributed by atoms with van der Waals surface area (Å²) in [6, 6.07) is 13.3. The first-order valence-electron chi connectivity index (χ1n) is 19.9. The van der Waals surface area contributed by atoms with E-state index in [4.69, 9.17) is 49.1 Å². The second-order valence-corrected chi connectivity index (χ2v) is 20.2. The number of nitrogens with one attached hydrogen (secondary N) is 1. The predicted octanol–water partition coefficient (Wildman–Crippen LogP) is 8.67. The number of amides is 2. The lowest BCUT2D eigenvalue weighted by atomic mass is 9.93. The molecule has 3 aromatic rings. The van der Waals surface area contributed by atoms with Gasteiger partial charge in [-0.2, -0.15) is 0 Å². The van der Waals surface area contributed by atoms with Gasteiger partial charge in [-0.05, 0) is 67.8 Å². The van der Waals surface area contributed by atoms with E-state index in [1.54, 1.807) is 6.92 Å². The average molecular weight is 972 g/mol. The van der Waals surface area contributed by atoms with Crippen molar-refractivity contribution in [3.63, 3.8) is 0 Å². The van der Waals surface area contributed by atoms with E-state index >= 15 is 0 Å². The molecule has 2 aromatic carbocycles. The number of benzene rings is 2. The predicted molar refractivity (Wildman–Crippen MR) is 248 cm³/mol. The molecule has 0 saturated heterocycles. The number of carboxylic acid groups (broad SMARTS) is 1. The second kappa shape index (κ2) is 28.7. The lowest BCUT2D eigenvalue weighted by molar-refractivity contribution is -0.193. The smallest absolute Gasteiger partial charge is 0.372 e. The molecule has 1 aliphatic carbocycles. The van der Waals surface area contributed by atoms with Gasteiger partial charge in [0.2, 0.25) is 0 Å². The molecule has 1 aliphatic heterocycles. The summed E-state index contributed by atoms with van der Waals surface area (Å²) in [5.41, 5.74) is 2.15. The molecule has 2 aliphatic rings. The third-order valence-corrected chi connectivity index (χ3v) is 10.4. The van der Waals surface area contributed by atoms with Crippen LogP contribution in [-0.4, -0.2) is 86.7 Å². The number of thioether (sulfide) groups is 1. The number of imide groups is 1. The van der Waals surface area contributed by atoms with E-state index in [-0.39, 0.29) is 26.9 Å². The highest BCUT2D eigenvalue weighted by molar-refractivity contribution is 8.13. The monoisotopic (exact) mass is 970 g/mol. The van der Waals surface area contributed by atoms with Gasteiger partial charge >= 0.3 is 11.3 Å². The third-order valence-electron chi connectivity index (χ3n) is 8.45. The van der Waals surface area contributed by atoms with E-state index in [1.807, 2.05) is 35.6 Å². The highest BCUT2D eigenvalue weighted by Crippen LogP contribution is 2.40. The van der Waals surface area contributed by atoms with Gasteiger partial charge in [-0.1, -0.05) is 98.5 Å². The van der Waals surface area contributed by atoms with E-state index < -0.39 is 50.1 Å². The van der Waals surface area contributed by atoms with Crippen molar-refractivity contribution in [2.75, 3.05) is 42.3 Å². The molecule has 0 saturated carbocycles. The first kappa shape index (κ1) is 55.2. The van der Waals surface area contributed by atoms with Gasteiger partial charge in [0.1, 0.15) is 24.9 Å². The Labute approximate surface area is 385 Å². The Bertz CT molecular complexity index is 2090. The summed E-state index contributed by atoms with van der Waals surface area (Å²) in [5, 5.41) is 17.8. The molecular weight excluding hydrogens is 918 g/mol. The summed E-state index contributed by atoms with van der Waals surface area (Å²) in [4.78, 5) is 65.8. The molecule has 1 aromatic heterocycles. The van der Waals surface area contributed by atoms with Gasteiger partial charge < -0.3 is 28.9 Å². The zero-order valence-electron chi connectivity index (χ0n) is 35.9. The molecule has 344 valence electrons. The molecule has 0 radical (unpaired) electrons. The van der Waals surface area contributed by atoms with Crippen molar-refractivity contribution in [3.8, 4) is 35.1 Å². The Morgan fingerprint density at radius 1 is 1.02 bits per heavy atom. The molecule has 0 spiro atoms. The van der Waals surface area contributed by atoms with Crippen LogP contribution in [0.2, 0.25) is 10.2 Å². The van der Waals surface area contributed by atoms with Crippen LogP contribution in [0.15, 0.2) is 59.7 Å². The van der Waals surface area contributed by atoms with Crippen LogP contribution in [0.4, 0.5) is 14.9 Å². The van der Waals surface area contributed by atoms with Gasteiger partial charge in [-0.25, -0.2) is 14.1 Å².